The van der Waals surface area contributed by atoms with Gasteiger partial charge in [0.05, 0.1) is 11.6 Å². The number of nitrogens with zero attached hydrogens (tertiary/aromatic N) is 3. The fourth-order valence-corrected chi connectivity index (χ4v) is 4.11. The van der Waals surface area contributed by atoms with Gasteiger partial charge in [0.15, 0.2) is 11.6 Å². The number of piperidine rings is 1. The first kappa shape index (κ1) is 14.7. The van der Waals surface area contributed by atoms with Gasteiger partial charge in [-0.2, -0.15) is 0 Å². The molecule has 0 spiro atoms. The summed E-state index contributed by atoms with van der Waals surface area (Å²) in [6, 6.07) is 5.82. The Morgan fingerprint density at radius 2 is 2.17 bits per heavy atom. The Kier molecular flexibility index (Phi) is 3.79. The van der Waals surface area contributed by atoms with Crippen molar-refractivity contribution in [1.29, 1.82) is 0 Å². The van der Waals surface area contributed by atoms with Crippen molar-refractivity contribution >= 4 is 27.4 Å². The van der Waals surface area contributed by atoms with Crippen LogP contribution < -0.4 is 5.73 Å². The van der Waals surface area contributed by atoms with Gasteiger partial charge in [0.1, 0.15) is 10.6 Å². The molecule has 23 heavy (non-hydrogen) atoms. The number of anilines is 1. The van der Waals surface area contributed by atoms with Crippen LogP contribution in [0, 0.1) is 5.92 Å². The summed E-state index contributed by atoms with van der Waals surface area (Å²) in [5.41, 5.74) is 6.13. The summed E-state index contributed by atoms with van der Waals surface area (Å²) in [5.74, 6) is 2.58. The summed E-state index contributed by atoms with van der Waals surface area (Å²) in [5, 5.41) is 0.950. The number of thiophene rings is 1. The van der Waals surface area contributed by atoms with Crippen LogP contribution in [0.5, 0.6) is 0 Å². The van der Waals surface area contributed by atoms with Crippen LogP contribution in [-0.2, 0) is 6.54 Å². The molecule has 0 atom stereocenters. The van der Waals surface area contributed by atoms with Crippen LogP contribution in [0.25, 0.3) is 21.8 Å². The molecule has 0 aliphatic carbocycles. The van der Waals surface area contributed by atoms with E-state index in [4.69, 9.17) is 10.2 Å². The second-order valence-corrected chi connectivity index (χ2v) is 7.42. The quantitative estimate of drug-likeness (QED) is 0.793. The van der Waals surface area contributed by atoms with Gasteiger partial charge in [-0.05, 0) is 50.0 Å². The number of hydrogen-bond donors (Lipinski definition) is 1. The van der Waals surface area contributed by atoms with Gasteiger partial charge >= 0.3 is 0 Å². The van der Waals surface area contributed by atoms with Crippen LogP contribution in [0.4, 0.5) is 5.82 Å². The minimum Gasteiger partial charge on any atom is -0.461 e. The highest BCUT2D eigenvalue weighted by atomic mass is 32.1. The molecule has 4 heterocycles. The predicted molar refractivity (Wildman–Crippen MR) is 93.2 cm³/mol. The highest BCUT2D eigenvalue weighted by Crippen LogP contribution is 2.31. The van der Waals surface area contributed by atoms with Gasteiger partial charge in [-0.25, -0.2) is 9.97 Å². The van der Waals surface area contributed by atoms with Gasteiger partial charge in [-0.15, -0.1) is 11.3 Å². The zero-order chi connectivity index (χ0) is 15.8. The number of furan rings is 1. The Bertz CT molecular complexity index is 803. The van der Waals surface area contributed by atoms with Gasteiger partial charge in [-0.3, -0.25) is 4.90 Å². The van der Waals surface area contributed by atoms with E-state index < -0.39 is 0 Å². The highest BCUT2D eigenvalue weighted by molar-refractivity contribution is 7.18. The second kappa shape index (κ2) is 5.94. The summed E-state index contributed by atoms with van der Waals surface area (Å²) in [7, 11) is 0. The fourth-order valence-electron chi connectivity index (χ4n) is 3.03. The molecule has 0 radical (unpaired) electrons. The maximum Gasteiger partial charge on any atom is 0.199 e. The molecule has 1 fully saturated rings. The van der Waals surface area contributed by atoms with Gasteiger partial charge in [0.2, 0.25) is 0 Å². The minimum atomic E-state index is 0.524. The SMILES string of the molecule is CC1CCN(Cc2cc3c(N)nc(-c4ccco4)nc3s2)CC1. The molecule has 6 heteroatoms. The van der Waals surface area contributed by atoms with Crippen LogP contribution in [-0.4, -0.2) is 28.0 Å². The lowest BCUT2D eigenvalue weighted by atomic mass is 9.99. The molecule has 3 aromatic rings. The number of nitrogen functional groups attached to an aromatic ring is 1. The van der Waals surface area contributed by atoms with E-state index in [0.29, 0.717) is 17.4 Å². The average Bonchev–Trinajstić information content (AvgIpc) is 3.19. The van der Waals surface area contributed by atoms with Gasteiger partial charge in [0, 0.05) is 11.4 Å². The molecule has 1 saturated heterocycles. The van der Waals surface area contributed by atoms with Crippen molar-refractivity contribution in [3.05, 3.63) is 29.3 Å². The topological polar surface area (TPSA) is 68.2 Å². The first-order valence-corrected chi connectivity index (χ1v) is 8.83. The van der Waals surface area contributed by atoms with E-state index >= 15 is 0 Å². The molecule has 1 aliphatic rings. The molecule has 0 unspecified atom stereocenters. The molecule has 2 N–H and O–H groups in total. The third-order valence-corrected chi connectivity index (χ3v) is 5.48. The lowest BCUT2D eigenvalue weighted by molar-refractivity contribution is 0.187. The van der Waals surface area contributed by atoms with Crippen LogP contribution in [0.2, 0.25) is 0 Å². The van der Waals surface area contributed by atoms with Crippen molar-refractivity contribution in [3.8, 4) is 11.6 Å². The van der Waals surface area contributed by atoms with E-state index in [-0.39, 0.29) is 0 Å². The molecular weight excluding hydrogens is 308 g/mol. The monoisotopic (exact) mass is 328 g/mol. The lowest BCUT2D eigenvalue weighted by Gasteiger charge is -2.29. The largest absolute Gasteiger partial charge is 0.461 e. The van der Waals surface area contributed by atoms with Crippen LogP contribution in [0.15, 0.2) is 28.9 Å². The Hall–Kier alpha value is -1.92. The maximum atomic E-state index is 6.13. The summed E-state index contributed by atoms with van der Waals surface area (Å²) >= 11 is 1.70. The predicted octanol–water partition coefficient (Wildman–Crippen LogP) is 3.77. The van der Waals surface area contributed by atoms with Crippen LogP contribution >= 0.6 is 11.3 Å². The summed E-state index contributed by atoms with van der Waals surface area (Å²) in [6.45, 7) is 5.66. The molecule has 4 rings (SSSR count). The minimum absolute atomic E-state index is 0.524. The van der Waals surface area contributed by atoms with E-state index in [2.05, 4.69) is 27.9 Å². The molecule has 0 bridgehead atoms. The standard InChI is InChI=1S/C17H20N4OS/c1-11-4-6-21(7-5-11)10-12-9-13-15(18)19-16(20-17(13)23-12)14-3-2-8-22-14/h2-3,8-9,11H,4-7,10H2,1H3,(H2,18,19,20). The Balaban J connectivity index is 1.61. The molecule has 0 amide bonds. The summed E-state index contributed by atoms with van der Waals surface area (Å²) < 4.78 is 5.38. The van der Waals surface area contributed by atoms with Crippen molar-refractivity contribution in [2.24, 2.45) is 5.92 Å². The fraction of sp³-hybridized carbons (Fsp3) is 0.412. The van der Waals surface area contributed by atoms with E-state index in [1.165, 1.54) is 30.8 Å². The molecule has 0 aromatic carbocycles. The Morgan fingerprint density at radius 1 is 1.35 bits per heavy atom. The maximum absolute atomic E-state index is 6.13. The molecule has 120 valence electrons. The van der Waals surface area contributed by atoms with Gasteiger partial charge < -0.3 is 10.2 Å². The van der Waals surface area contributed by atoms with E-state index in [1.54, 1.807) is 17.6 Å². The normalized spacial score (nSPS) is 17.1. The van der Waals surface area contributed by atoms with E-state index in [1.807, 2.05) is 12.1 Å². The van der Waals surface area contributed by atoms with Gasteiger partial charge in [0.25, 0.3) is 0 Å². The van der Waals surface area contributed by atoms with E-state index in [0.717, 1.165) is 22.7 Å². The first-order valence-electron chi connectivity index (χ1n) is 8.01. The number of hydrogen-bond acceptors (Lipinski definition) is 6. The second-order valence-electron chi connectivity index (χ2n) is 6.30. The molecule has 3 aromatic heterocycles. The van der Waals surface area contributed by atoms with Crippen LogP contribution in [0.1, 0.15) is 24.6 Å². The molecular formula is C17H20N4OS. The lowest BCUT2D eigenvalue weighted by Crippen LogP contribution is -2.32. The van der Waals surface area contributed by atoms with Crippen molar-refractivity contribution in [2.75, 3.05) is 18.8 Å². The Labute approximate surface area is 139 Å². The summed E-state index contributed by atoms with van der Waals surface area (Å²) in [4.78, 5) is 13.7. The number of likely N-dealkylation sites (tertiary alicyclic amines) is 1. The van der Waals surface area contributed by atoms with Crippen LogP contribution in [0.3, 0.4) is 0 Å². The van der Waals surface area contributed by atoms with E-state index in [9.17, 15) is 0 Å². The Morgan fingerprint density at radius 3 is 2.91 bits per heavy atom. The molecule has 1 aliphatic heterocycles. The van der Waals surface area contributed by atoms with Crippen molar-refractivity contribution in [3.63, 3.8) is 0 Å². The number of nitrogens with two attached hydrogens (primary N) is 1. The van der Waals surface area contributed by atoms with Crippen molar-refractivity contribution in [1.82, 2.24) is 14.9 Å². The zero-order valence-corrected chi connectivity index (χ0v) is 14.0. The van der Waals surface area contributed by atoms with Gasteiger partial charge in [-0.1, -0.05) is 6.92 Å². The first-order chi connectivity index (χ1) is 11.2. The third-order valence-electron chi connectivity index (χ3n) is 4.47. The summed E-state index contributed by atoms with van der Waals surface area (Å²) in [6.07, 6.45) is 4.20. The zero-order valence-electron chi connectivity index (χ0n) is 13.2. The molecule has 5 nitrogen and oxygen atoms in total. The molecule has 0 saturated carbocycles. The number of aromatic nitrogens is 2. The number of rotatable bonds is 3. The highest BCUT2D eigenvalue weighted by Gasteiger charge is 2.18. The van der Waals surface area contributed by atoms with Crippen molar-refractivity contribution < 1.29 is 4.42 Å². The average molecular weight is 328 g/mol. The number of fused-ring (bicyclic) bond motifs is 1. The third kappa shape index (κ3) is 2.96. The smallest absolute Gasteiger partial charge is 0.199 e. The van der Waals surface area contributed by atoms with Crippen molar-refractivity contribution in [2.45, 2.75) is 26.3 Å².